The molecule has 0 bridgehead atoms. The average molecular weight is 524 g/mol. The van der Waals surface area contributed by atoms with Gasteiger partial charge in [0, 0.05) is 20.8 Å². The van der Waals surface area contributed by atoms with Gasteiger partial charge in [0.25, 0.3) is 0 Å². The van der Waals surface area contributed by atoms with Crippen molar-refractivity contribution in [2.45, 2.75) is 58.1 Å². The Kier molecular flexibility index (Phi) is 10.6. The second kappa shape index (κ2) is 13.4. The first-order chi connectivity index (χ1) is 17.5. The zero-order chi connectivity index (χ0) is 27.7. The van der Waals surface area contributed by atoms with Crippen LogP contribution in [0.3, 0.4) is 0 Å². The Labute approximate surface area is 212 Å². The van der Waals surface area contributed by atoms with Crippen molar-refractivity contribution in [2.24, 2.45) is 0 Å². The zero-order valence-corrected chi connectivity index (χ0v) is 20.7. The first kappa shape index (κ1) is 29.3. The minimum absolute atomic E-state index is 0.124. The summed E-state index contributed by atoms with van der Waals surface area (Å²) in [5.74, 6) is -4.57. The summed E-state index contributed by atoms with van der Waals surface area (Å²) >= 11 is 0. The molecule has 37 heavy (non-hydrogen) atoms. The van der Waals surface area contributed by atoms with Gasteiger partial charge in [-0.05, 0) is 17.7 Å². The highest BCUT2D eigenvalue weighted by atomic mass is 16.7. The third-order valence-electron chi connectivity index (χ3n) is 4.86. The van der Waals surface area contributed by atoms with Crippen LogP contribution < -0.4 is 4.74 Å². The molecule has 2 unspecified atom stereocenters. The highest BCUT2D eigenvalue weighted by molar-refractivity contribution is 5.92. The van der Waals surface area contributed by atoms with Crippen molar-refractivity contribution < 1.29 is 62.2 Å². The maximum Gasteiger partial charge on any atom is 0.342 e. The first-order valence-electron chi connectivity index (χ1n) is 11.0. The molecule has 5 atom stereocenters. The smallest absolute Gasteiger partial charge is 0.342 e. The maximum atomic E-state index is 12.6. The number of aliphatic hydroxyl groups excluding tert-OH is 1. The molecule has 1 aromatic rings. The van der Waals surface area contributed by atoms with Crippen LogP contribution in [0.4, 0.5) is 0 Å². The van der Waals surface area contributed by atoms with Crippen LogP contribution in [0, 0.1) is 0 Å². The molecule has 1 aliphatic rings. The zero-order valence-electron chi connectivity index (χ0n) is 20.7. The Morgan fingerprint density at radius 3 is 2.11 bits per heavy atom. The van der Waals surface area contributed by atoms with E-state index in [2.05, 4.69) is 6.58 Å². The lowest BCUT2D eigenvalue weighted by atomic mass is 9.97. The SMILES string of the molecule is C=CCOC(=O)c1cc(CO)ccc1OC1O[C@H](C(=O)OC)[C@@H](OC(C)=O)C(OC(C)=O)[C@H]1OC(C)=O. The largest absolute Gasteiger partial charge is 0.467 e. The van der Waals surface area contributed by atoms with E-state index in [1.165, 1.54) is 24.3 Å². The second-order valence-corrected chi connectivity index (χ2v) is 7.66. The molecule has 0 spiro atoms. The van der Waals surface area contributed by atoms with E-state index in [0.717, 1.165) is 27.9 Å². The quantitative estimate of drug-likeness (QED) is 0.256. The molecule has 1 fully saturated rings. The summed E-state index contributed by atoms with van der Waals surface area (Å²) in [7, 11) is 1.05. The van der Waals surface area contributed by atoms with Crippen molar-refractivity contribution in [3.05, 3.63) is 42.0 Å². The highest BCUT2D eigenvalue weighted by Crippen LogP contribution is 2.32. The van der Waals surface area contributed by atoms with Crippen molar-refractivity contribution in [1.82, 2.24) is 0 Å². The Balaban J connectivity index is 2.59. The van der Waals surface area contributed by atoms with Gasteiger partial charge in [0.05, 0.1) is 13.7 Å². The molecule has 1 aromatic carbocycles. The predicted molar refractivity (Wildman–Crippen MR) is 121 cm³/mol. The standard InChI is InChI=1S/C24H28O13/c1-6-9-32-22(29)16-10-15(11-25)7-8-17(16)36-24-21(35-14(4)28)19(34-13(3)27)18(33-12(2)26)20(37-24)23(30)31-5/h6-8,10,18-21,24-25H,1,9,11H2,2-5H3/t18-,19?,20-,21+,24?/m0/s1. The topological polar surface area (TPSA) is 170 Å². The molecule has 1 heterocycles. The molecule has 2 rings (SSSR count). The summed E-state index contributed by atoms with van der Waals surface area (Å²) in [6.07, 6.45) is -6.72. The van der Waals surface area contributed by atoms with Gasteiger partial charge in [0.15, 0.2) is 18.3 Å². The number of esters is 5. The number of carbonyl (C=O) groups is 5. The molecule has 1 aliphatic heterocycles. The molecule has 202 valence electrons. The lowest BCUT2D eigenvalue weighted by molar-refractivity contribution is -0.282. The molecule has 13 nitrogen and oxygen atoms in total. The van der Waals surface area contributed by atoms with E-state index in [1.807, 2.05) is 0 Å². The van der Waals surface area contributed by atoms with E-state index in [9.17, 15) is 29.1 Å². The summed E-state index contributed by atoms with van der Waals surface area (Å²) in [6.45, 7) is 6.10. The minimum Gasteiger partial charge on any atom is -0.467 e. The number of rotatable bonds is 10. The number of hydrogen-bond acceptors (Lipinski definition) is 13. The summed E-state index contributed by atoms with van der Waals surface area (Å²) in [5.41, 5.74) is 0.207. The van der Waals surface area contributed by atoms with Crippen LogP contribution in [0.15, 0.2) is 30.9 Å². The fourth-order valence-corrected chi connectivity index (χ4v) is 3.45. The molecule has 0 saturated carbocycles. The fourth-order valence-electron chi connectivity index (χ4n) is 3.45. The summed E-state index contributed by atoms with van der Waals surface area (Å²) in [5, 5.41) is 9.48. The van der Waals surface area contributed by atoms with Gasteiger partial charge in [0.1, 0.15) is 17.9 Å². The van der Waals surface area contributed by atoms with E-state index in [4.69, 9.17) is 33.2 Å². The van der Waals surface area contributed by atoms with E-state index < -0.39 is 67.2 Å². The number of aliphatic hydroxyl groups is 1. The molecule has 1 saturated heterocycles. The Morgan fingerprint density at radius 2 is 1.57 bits per heavy atom. The third-order valence-corrected chi connectivity index (χ3v) is 4.86. The molecule has 1 N–H and O–H groups in total. The molecule has 13 heteroatoms. The molecule has 0 radical (unpaired) electrons. The normalized spacial score (nSPS) is 22.7. The van der Waals surface area contributed by atoms with Crippen LogP contribution in [-0.2, 0) is 54.2 Å². The molecule has 0 aromatic heterocycles. The van der Waals surface area contributed by atoms with Gasteiger partial charge in [-0.1, -0.05) is 18.7 Å². The fraction of sp³-hybridized carbons (Fsp3) is 0.458. The lowest BCUT2D eigenvalue weighted by Crippen LogP contribution is -2.64. The summed E-state index contributed by atoms with van der Waals surface area (Å²) in [6, 6.07) is 4.05. The average Bonchev–Trinajstić information content (AvgIpc) is 2.84. The molecule has 0 aliphatic carbocycles. The van der Waals surface area contributed by atoms with Crippen LogP contribution in [0.5, 0.6) is 5.75 Å². The van der Waals surface area contributed by atoms with Crippen molar-refractivity contribution >= 4 is 29.8 Å². The molecule has 0 amide bonds. The van der Waals surface area contributed by atoms with Crippen molar-refractivity contribution in [3.63, 3.8) is 0 Å². The molecular weight excluding hydrogens is 496 g/mol. The number of carbonyl (C=O) groups excluding carboxylic acids is 5. The number of benzene rings is 1. The van der Waals surface area contributed by atoms with Crippen molar-refractivity contribution in [2.75, 3.05) is 13.7 Å². The molecular formula is C24H28O13. The number of methoxy groups -OCH3 is 1. The Hall–Kier alpha value is -3.97. The van der Waals surface area contributed by atoms with Gasteiger partial charge < -0.3 is 38.3 Å². The van der Waals surface area contributed by atoms with Crippen LogP contribution in [0.1, 0.15) is 36.7 Å². The summed E-state index contributed by atoms with van der Waals surface area (Å²) in [4.78, 5) is 60.8. The van der Waals surface area contributed by atoms with Crippen LogP contribution in [0.2, 0.25) is 0 Å². The third kappa shape index (κ3) is 7.75. The van der Waals surface area contributed by atoms with E-state index in [-0.39, 0.29) is 17.9 Å². The first-order valence-corrected chi connectivity index (χ1v) is 11.0. The second-order valence-electron chi connectivity index (χ2n) is 7.66. The minimum atomic E-state index is -1.68. The van der Waals surface area contributed by atoms with E-state index in [1.54, 1.807) is 0 Å². The van der Waals surface area contributed by atoms with Crippen LogP contribution >= 0.6 is 0 Å². The lowest BCUT2D eigenvalue weighted by Gasteiger charge is -2.43. The van der Waals surface area contributed by atoms with Gasteiger partial charge >= 0.3 is 29.8 Å². The highest BCUT2D eigenvalue weighted by Gasteiger charge is 2.56. The van der Waals surface area contributed by atoms with Gasteiger partial charge in [-0.3, -0.25) is 14.4 Å². The maximum absolute atomic E-state index is 12.6. The van der Waals surface area contributed by atoms with Gasteiger partial charge in [-0.15, -0.1) is 0 Å². The van der Waals surface area contributed by atoms with Gasteiger partial charge in [0.2, 0.25) is 12.4 Å². The van der Waals surface area contributed by atoms with Gasteiger partial charge in [-0.25, -0.2) is 9.59 Å². The van der Waals surface area contributed by atoms with Crippen LogP contribution in [0.25, 0.3) is 0 Å². The Morgan fingerprint density at radius 1 is 0.973 bits per heavy atom. The van der Waals surface area contributed by atoms with Crippen LogP contribution in [-0.4, -0.2) is 79.4 Å². The number of ether oxygens (including phenoxy) is 7. The van der Waals surface area contributed by atoms with Gasteiger partial charge in [-0.2, -0.15) is 0 Å². The van der Waals surface area contributed by atoms with E-state index >= 15 is 0 Å². The number of hydrogen-bond donors (Lipinski definition) is 1. The van der Waals surface area contributed by atoms with E-state index in [0.29, 0.717) is 5.56 Å². The van der Waals surface area contributed by atoms with Crippen molar-refractivity contribution in [1.29, 1.82) is 0 Å². The monoisotopic (exact) mass is 524 g/mol. The van der Waals surface area contributed by atoms with Crippen molar-refractivity contribution in [3.8, 4) is 5.75 Å². The summed E-state index contributed by atoms with van der Waals surface area (Å²) < 4.78 is 37.1. The predicted octanol–water partition coefficient (Wildman–Crippen LogP) is 0.594. The Bertz CT molecular complexity index is 1030.